The fourth-order valence-electron chi connectivity index (χ4n) is 3.79. The number of imidazole rings is 1. The molecule has 33 heavy (non-hydrogen) atoms. The number of aryl methyl sites for hydroxylation is 1. The number of carbonyl (C=O) groups excluding carboxylic acids is 2. The molecule has 0 atom stereocenters. The van der Waals surface area contributed by atoms with Crippen molar-refractivity contribution < 1.29 is 19.1 Å². The molecule has 3 heterocycles. The maximum absolute atomic E-state index is 13.6. The first-order valence-corrected chi connectivity index (χ1v) is 10.2. The fourth-order valence-corrected chi connectivity index (χ4v) is 3.79. The van der Waals surface area contributed by atoms with Crippen LogP contribution in [0.25, 0.3) is 11.0 Å². The van der Waals surface area contributed by atoms with Gasteiger partial charge in [0.25, 0.3) is 11.8 Å². The Kier molecular flexibility index (Phi) is 5.09. The summed E-state index contributed by atoms with van der Waals surface area (Å²) in [6.45, 7) is 0.545. The van der Waals surface area contributed by atoms with Crippen LogP contribution < -0.4 is 15.2 Å². The molecule has 10 nitrogen and oxygen atoms in total. The predicted molar refractivity (Wildman–Crippen MR) is 117 cm³/mol. The first-order valence-electron chi connectivity index (χ1n) is 10.2. The quantitative estimate of drug-likeness (QED) is 0.482. The van der Waals surface area contributed by atoms with E-state index >= 15 is 0 Å². The Hall–Kier alpha value is -4.47. The molecule has 0 bridgehead atoms. The van der Waals surface area contributed by atoms with E-state index in [2.05, 4.69) is 15.0 Å². The van der Waals surface area contributed by atoms with Gasteiger partial charge in [0.15, 0.2) is 22.9 Å². The summed E-state index contributed by atoms with van der Waals surface area (Å²) >= 11 is 0. The highest BCUT2D eigenvalue weighted by Crippen LogP contribution is 2.33. The molecule has 166 valence electrons. The Morgan fingerprint density at radius 1 is 1.03 bits per heavy atom. The van der Waals surface area contributed by atoms with Crippen LogP contribution in [0, 0.1) is 0 Å². The van der Waals surface area contributed by atoms with Gasteiger partial charge in [-0.2, -0.15) is 0 Å². The number of nitrogens with zero attached hydrogens (tertiary/aromatic N) is 5. The molecule has 1 aliphatic heterocycles. The van der Waals surface area contributed by atoms with E-state index in [4.69, 9.17) is 15.2 Å². The highest BCUT2D eigenvalue weighted by molar-refractivity contribution is 6.03. The highest BCUT2D eigenvalue weighted by Gasteiger charge is 2.26. The first kappa shape index (κ1) is 20.4. The standard InChI is InChI=1S/C23H20N6O4/c1-28-16-5-3-2-4-15(16)27-19(28)12-29(11-14-6-7-17-18(10-14)33-13-32-17)23(31)21-20(22(24)30)25-8-9-26-21/h2-10H,11-13H2,1H3,(H2,24,30). The normalized spacial score (nSPS) is 12.2. The van der Waals surface area contributed by atoms with Gasteiger partial charge in [0.1, 0.15) is 5.82 Å². The molecule has 0 radical (unpaired) electrons. The second kappa shape index (κ2) is 8.23. The van der Waals surface area contributed by atoms with Gasteiger partial charge >= 0.3 is 0 Å². The van der Waals surface area contributed by atoms with Crippen LogP contribution in [-0.2, 0) is 20.1 Å². The SMILES string of the molecule is Cn1c(CN(Cc2ccc3c(c2)OCO3)C(=O)c2nccnc2C(N)=O)nc2ccccc21. The maximum atomic E-state index is 13.6. The summed E-state index contributed by atoms with van der Waals surface area (Å²) in [7, 11) is 1.89. The molecule has 5 rings (SSSR count). The summed E-state index contributed by atoms with van der Waals surface area (Å²) in [5.41, 5.74) is 7.73. The number of rotatable bonds is 6. The average Bonchev–Trinajstić information content (AvgIpc) is 3.42. The Labute approximate surface area is 188 Å². The molecule has 0 aliphatic carbocycles. The molecular weight excluding hydrogens is 424 g/mol. The summed E-state index contributed by atoms with van der Waals surface area (Å²) in [6.07, 6.45) is 2.68. The van der Waals surface area contributed by atoms with Gasteiger partial charge in [0.2, 0.25) is 6.79 Å². The average molecular weight is 444 g/mol. The predicted octanol–water partition coefficient (Wildman–Crippen LogP) is 2.03. The number of nitrogens with two attached hydrogens (primary N) is 1. The van der Waals surface area contributed by atoms with Crippen molar-refractivity contribution in [3.8, 4) is 11.5 Å². The third-order valence-corrected chi connectivity index (χ3v) is 5.44. The third kappa shape index (κ3) is 3.82. The van der Waals surface area contributed by atoms with E-state index in [1.165, 1.54) is 12.4 Å². The monoisotopic (exact) mass is 444 g/mol. The van der Waals surface area contributed by atoms with E-state index in [0.29, 0.717) is 17.3 Å². The van der Waals surface area contributed by atoms with Crippen LogP contribution in [-0.4, -0.2) is 43.0 Å². The molecule has 2 N–H and O–H groups in total. The summed E-state index contributed by atoms with van der Waals surface area (Å²) in [5.74, 6) is 0.630. The molecule has 1 aliphatic rings. The van der Waals surface area contributed by atoms with E-state index < -0.39 is 11.8 Å². The van der Waals surface area contributed by atoms with Gasteiger partial charge in [-0.25, -0.2) is 15.0 Å². The van der Waals surface area contributed by atoms with E-state index in [-0.39, 0.29) is 31.3 Å². The Morgan fingerprint density at radius 3 is 2.58 bits per heavy atom. The lowest BCUT2D eigenvalue weighted by atomic mass is 10.1. The van der Waals surface area contributed by atoms with Gasteiger partial charge in [-0.15, -0.1) is 0 Å². The van der Waals surface area contributed by atoms with Crippen LogP contribution in [0.3, 0.4) is 0 Å². The van der Waals surface area contributed by atoms with Crippen molar-refractivity contribution in [2.75, 3.05) is 6.79 Å². The minimum atomic E-state index is -0.822. The van der Waals surface area contributed by atoms with Crippen LogP contribution in [0.15, 0.2) is 54.9 Å². The zero-order valence-electron chi connectivity index (χ0n) is 17.8. The lowest BCUT2D eigenvalue weighted by molar-refractivity contribution is 0.0712. The number of benzene rings is 2. The molecule has 2 amide bonds. The molecule has 0 saturated heterocycles. The number of hydrogen-bond donors (Lipinski definition) is 1. The molecule has 4 aromatic rings. The molecule has 10 heteroatoms. The van der Waals surface area contributed by atoms with Gasteiger partial charge in [0.05, 0.1) is 17.6 Å². The Bertz CT molecular complexity index is 1380. The lowest BCUT2D eigenvalue weighted by Crippen LogP contribution is -2.34. The van der Waals surface area contributed by atoms with E-state index in [9.17, 15) is 9.59 Å². The zero-order chi connectivity index (χ0) is 22.9. The second-order valence-electron chi connectivity index (χ2n) is 7.54. The number of amides is 2. The van der Waals surface area contributed by atoms with Gasteiger partial charge in [-0.1, -0.05) is 18.2 Å². The summed E-state index contributed by atoms with van der Waals surface area (Å²) in [6, 6.07) is 13.2. The summed E-state index contributed by atoms with van der Waals surface area (Å²) in [5, 5.41) is 0. The van der Waals surface area contributed by atoms with E-state index in [0.717, 1.165) is 16.6 Å². The minimum absolute atomic E-state index is 0.107. The number of carbonyl (C=O) groups is 2. The largest absolute Gasteiger partial charge is 0.454 e. The summed E-state index contributed by atoms with van der Waals surface area (Å²) < 4.78 is 12.8. The Morgan fingerprint density at radius 2 is 1.79 bits per heavy atom. The van der Waals surface area contributed by atoms with Crippen molar-refractivity contribution in [3.05, 3.63) is 77.6 Å². The molecular formula is C23H20N6O4. The second-order valence-corrected chi connectivity index (χ2v) is 7.54. The van der Waals surface area contributed by atoms with E-state index in [1.54, 1.807) is 11.0 Å². The van der Waals surface area contributed by atoms with Gasteiger partial charge in [0, 0.05) is 26.0 Å². The molecule has 2 aromatic heterocycles. The van der Waals surface area contributed by atoms with Gasteiger partial charge in [-0.3, -0.25) is 9.59 Å². The minimum Gasteiger partial charge on any atom is -0.454 e. The lowest BCUT2D eigenvalue weighted by Gasteiger charge is -2.23. The number of fused-ring (bicyclic) bond motifs is 2. The third-order valence-electron chi connectivity index (χ3n) is 5.44. The molecule has 0 saturated carbocycles. The van der Waals surface area contributed by atoms with Crippen LogP contribution in [0.1, 0.15) is 32.4 Å². The number of ether oxygens (including phenoxy) is 2. The molecule has 0 spiro atoms. The summed E-state index contributed by atoms with van der Waals surface area (Å²) in [4.78, 5) is 39.7. The van der Waals surface area contributed by atoms with Crippen molar-refractivity contribution in [2.24, 2.45) is 12.8 Å². The number of aromatic nitrogens is 4. The van der Waals surface area contributed by atoms with Crippen molar-refractivity contribution in [2.45, 2.75) is 13.1 Å². The Balaban J connectivity index is 1.53. The zero-order valence-corrected chi connectivity index (χ0v) is 17.8. The van der Waals surface area contributed by atoms with E-state index in [1.807, 2.05) is 48.0 Å². The van der Waals surface area contributed by atoms with Gasteiger partial charge in [-0.05, 0) is 29.8 Å². The smallest absolute Gasteiger partial charge is 0.275 e. The van der Waals surface area contributed by atoms with Crippen LogP contribution >= 0.6 is 0 Å². The highest BCUT2D eigenvalue weighted by atomic mass is 16.7. The van der Waals surface area contributed by atoms with Crippen molar-refractivity contribution in [1.82, 2.24) is 24.4 Å². The van der Waals surface area contributed by atoms with Crippen LogP contribution in [0.4, 0.5) is 0 Å². The number of primary amides is 1. The van der Waals surface area contributed by atoms with Crippen LogP contribution in [0.5, 0.6) is 11.5 Å². The maximum Gasteiger partial charge on any atom is 0.275 e. The number of hydrogen-bond acceptors (Lipinski definition) is 7. The van der Waals surface area contributed by atoms with Crippen molar-refractivity contribution >= 4 is 22.8 Å². The van der Waals surface area contributed by atoms with Crippen molar-refractivity contribution in [1.29, 1.82) is 0 Å². The topological polar surface area (TPSA) is 125 Å². The number of para-hydroxylation sites is 2. The molecule has 0 fully saturated rings. The fraction of sp³-hybridized carbons (Fsp3) is 0.174. The van der Waals surface area contributed by atoms with Crippen molar-refractivity contribution in [3.63, 3.8) is 0 Å². The molecule has 0 unspecified atom stereocenters. The van der Waals surface area contributed by atoms with Gasteiger partial charge < -0.3 is 24.7 Å². The molecule has 2 aromatic carbocycles. The first-order chi connectivity index (χ1) is 16.0. The van der Waals surface area contributed by atoms with Crippen LogP contribution in [0.2, 0.25) is 0 Å².